The molecule has 1 heterocycles. The second-order valence-electron chi connectivity index (χ2n) is 6.81. The standard InChI is InChI=1S/C19H19ClSSi/c1-11-12(2)19(22(3,4)20)14-9-10-16-18(17(11)14)13-7-5-6-8-15(13)21-16/h5-10,19H,1-4H3/t19-/m1/s1. The first-order chi connectivity index (χ1) is 10.4. The Morgan fingerprint density at radius 3 is 2.45 bits per heavy atom. The molecule has 0 bridgehead atoms. The molecule has 0 amide bonds. The van der Waals surface area contributed by atoms with Crippen molar-refractivity contribution in [2.75, 3.05) is 0 Å². The van der Waals surface area contributed by atoms with E-state index in [0.29, 0.717) is 5.54 Å². The van der Waals surface area contributed by atoms with E-state index in [1.807, 2.05) is 11.3 Å². The van der Waals surface area contributed by atoms with Crippen molar-refractivity contribution in [1.29, 1.82) is 0 Å². The summed E-state index contributed by atoms with van der Waals surface area (Å²) in [6.07, 6.45) is 0. The molecule has 3 aromatic rings. The molecule has 1 aliphatic carbocycles. The summed E-state index contributed by atoms with van der Waals surface area (Å²) in [5.74, 6) is 0. The SMILES string of the molecule is CC1=C(C)[C@@H]([Si](C)(C)Cl)c2ccc3sc4ccccc4c3c21. The molecule has 22 heavy (non-hydrogen) atoms. The van der Waals surface area contributed by atoms with Gasteiger partial charge in [-0.15, -0.1) is 11.3 Å². The van der Waals surface area contributed by atoms with E-state index in [2.05, 4.69) is 63.3 Å². The molecule has 0 N–H and O–H groups in total. The van der Waals surface area contributed by atoms with Crippen molar-refractivity contribution in [3.05, 3.63) is 53.1 Å². The smallest absolute Gasteiger partial charge is 0.161 e. The maximum atomic E-state index is 6.88. The minimum absolute atomic E-state index is 0.437. The summed E-state index contributed by atoms with van der Waals surface area (Å²) in [7, 11) is -1.80. The summed E-state index contributed by atoms with van der Waals surface area (Å²) >= 11 is 8.77. The van der Waals surface area contributed by atoms with E-state index in [1.165, 1.54) is 42.4 Å². The van der Waals surface area contributed by atoms with E-state index in [9.17, 15) is 0 Å². The van der Waals surface area contributed by atoms with Crippen LogP contribution in [-0.4, -0.2) is 7.38 Å². The second-order valence-corrected chi connectivity index (χ2v) is 14.5. The van der Waals surface area contributed by atoms with E-state index >= 15 is 0 Å². The Kier molecular flexibility index (Phi) is 3.10. The average molecular weight is 343 g/mol. The number of hydrogen-bond acceptors (Lipinski definition) is 1. The van der Waals surface area contributed by atoms with Crippen LogP contribution in [0.3, 0.4) is 0 Å². The van der Waals surface area contributed by atoms with E-state index in [1.54, 1.807) is 0 Å². The molecule has 1 atom stereocenters. The normalized spacial score (nSPS) is 18.5. The molecule has 1 aliphatic rings. The molecule has 0 aliphatic heterocycles. The summed E-state index contributed by atoms with van der Waals surface area (Å²) in [6.45, 7) is 9.08. The summed E-state index contributed by atoms with van der Waals surface area (Å²) in [5, 5.41) is 2.83. The third kappa shape index (κ3) is 1.87. The second kappa shape index (κ2) is 4.70. The van der Waals surface area contributed by atoms with Gasteiger partial charge in [0.15, 0.2) is 7.38 Å². The molecule has 2 aromatic carbocycles. The fourth-order valence-electron chi connectivity index (χ4n) is 4.01. The predicted octanol–water partition coefficient (Wildman–Crippen LogP) is 6.93. The highest BCUT2D eigenvalue weighted by Crippen LogP contribution is 2.51. The van der Waals surface area contributed by atoms with Gasteiger partial charge in [0.1, 0.15) is 0 Å². The maximum absolute atomic E-state index is 6.88. The number of thiophene rings is 1. The lowest BCUT2D eigenvalue weighted by Crippen LogP contribution is -2.28. The zero-order valence-electron chi connectivity index (χ0n) is 13.3. The van der Waals surface area contributed by atoms with Gasteiger partial charge in [0.25, 0.3) is 0 Å². The fraction of sp³-hybridized carbons (Fsp3) is 0.263. The van der Waals surface area contributed by atoms with Crippen LogP contribution in [0.5, 0.6) is 0 Å². The van der Waals surface area contributed by atoms with Crippen LogP contribution in [0.15, 0.2) is 42.0 Å². The highest BCUT2D eigenvalue weighted by molar-refractivity contribution is 7.26. The molecule has 0 saturated heterocycles. The lowest BCUT2D eigenvalue weighted by Gasteiger charge is -2.25. The molecule has 0 radical (unpaired) electrons. The van der Waals surface area contributed by atoms with Gasteiger partial charge in [-0.1, -0.05) is 42.9 Å². The molecule has 3 heteroatoms. The molecule has 1 aromatic heterocycles. The zero-order chi connectivity index (χ0) is 15.6. The molecular formula is C19H19ClSSi. The Labute approximate surface area is 141 Å². The Morgan fingerprint density at radius 1 is 1.00 bits per heavy atom. The molecule has 0 saturated carbocycles. The predicted molar refractivity (Wildman–Crippen MR) is 104 cm³/mol. The van der Waals surface area contributed by atoms with Gasteiger partial charge in [-0.2, -0.15) is 11.1 Å². The number of halogens is 1. The zero-order valence-corrected chi connectivity index (χ0v) is 15.9. The van der Waals surface area contributed by atoms with Crippen LogP contribution in [0, 0.1) is 0 Å². The number of rotatable bonds is 1. The van der Waals surface area contributed by atoms with Crippen molar-refractivity contribution in [3.63, 3.8) is 0 Å². The van der Waals surface area contributed by atoms with Crippen molar-refractivity contribution < 1.29 is 0 Å². The van der Waals surface area contributed by atoms with E-state index in [4.69, 9.17) is 11.1 Å². The number of hydrogen-bond donors (Lipinski definition) is 0. The lowest BCUT2D eigenvalue weighted by atomic mass is 9.99. The fourth-order valence-corrected chi connectivity index (χ4v) is 8.19. The van der Waals surface area contributed by atoms with Crippen LogP contribution < -0.4 is 0 Å². The molecule has 4 rings (SSSR count). The summed E-state index contributed by atoms with van der Waals surface area (Å²) in [5.41, 5.74) is 6.27. The van der Waals surface area contributed by atoms with Crippen molar-refractivity contribution in [2.24, 2.45) is 0 Å². The Morgan fingerprint density at radius 2 is 1.73 bits per heavy atom. The maximum Gasteiger partial charge on any atom is 0.161 e. The highest BCUT2D eigenvalue weighted by atomic mass is 35.6. The van der Waals surface area contributed by atoms with Gasteiger partial charge >= 0.3 is 0 Å². The lowest BCUT2D eigenvalue weighted by molar-refractivity contribution is 1.09. The van der Waals surface area contributed by atoms with Crippen LogP contribution in [0.4, 0.5) is 0 Å². The first kappa shape index (κ1) is 14.5. The topological polar surface area (TPSA) is 0 Å². The van der Waals surface area contributed by atoms with E-state index in [0.717, 1.165) is 0 Å². The molecule has 0 spiro atoms. The van der Waals surface area contributed by atoms with Crippen LogP contribution >= 0.6 is 22.4 Å². The van der Waals surface area contributed by atoms with Gasteiger partial charge in [-0.05, 0) is 42.7 Å². The van der Waals surface area contributed by atoms with E-state index in [-0.39, 0.29) is 0 Å². The molecule has 0 unspecified atom stereocenters. The van der Waals surface area contributed by atoms with Gasteiger partial charge in [0, 0.05) is 25.7 Å². The van der Waals surface area contributed by atoms with Crippen LogP contribution in [0.2, 0.25) is 13.1 Å². The average Bonchev–Trinajstić information content (AvgIpc) is 2.94. The minimum Gasteiger partial charge on any atom is -0.167 e. The third-order valence-corrected chi connectivity index (χ3v) is 8.88. The first-order valence-corrected chi connectivity index (χ1v) is 12.6. The van der Waals surface area contributed by atoms with Crippen molar-refractivity contribution in [2.45, 2.75) is 32.5 Å². The van der Waals surface area contributed by atoms with Crippen molar-refractivity contribution in [3.8, 4) is 0 Å². The van der Waals surface area contributed by atoms with Gasteiger partial charge < -0.3 is 0 Å². The van der Waals surface area contributed by atoms with Gasteiger partial charge in [0.2, 0.25) is 0 Å². The summed E-state index contributed by atoms with van der Waals surface area (Å²) in [6, 6.07) is 13.4. The quantitative estimate of drug-likeness (QED) is 0.332. The summed E-state index contributed by atoms with van der Waals surface area (Å²) in [4.78, 5) is 0. The van der Waals surface area contributed by atoms with Crippen LogP contribution in [0.1, 0.15) is 30.5 Å². The Balaban J connectivity index is 2.16. The van der Waals surface area contributed by atoms with Crippen LogP contribution in [-0.2, 0) is 0 Å². The van der Waals surface area contributed by atoms with Crippen molar-refractivity contribution in [1.82, 2.24) is 0 Å². The van der Waals surface area contributed by atoms with Crippen LogP contribution in [0.25, 0.3) is 25.7 Å². The Hall–Kier alpha value is -1.09. The minimum atomic E-state index is -1.80. The first-order valence-electron chi connectivity index (χ1n) is 7.70. The number of allylic oxidation sites excluding steroid dienone is 2. The monoisotopic (exact) mass is 342 g/mol. The summed E-state index contributed by atoms with van der Waals surface area (Å²) < 4.78 is 2.77. The highest BCUT2D eigenvalue weighted by Gasteiger charge is 2.39. The molecular weight excluding hydrogens is 324 g/mol. The number of benzene rings is 2. The van der Waals surface area contributed by atoms with Gasteiger partial charge in [-0.25, -0.2) is 0 Å². The van der Waals surface area contributed by atoms with Gasteiger partial charge in [0.05, 0.1) is 0 Å². The third-order valence-electron chi connectivity index (χ3n) is 4.97. The molecule has 0 fully saturated rings. The van der Waals surface area contributed by atoms with E-state index < -0.39 is 7.38 Å². The Bertz CT molecular complexity index is 943. The molecule has 112 valence electrons. The number of fused-ring (bicyclic) bond motifs is 5. The van der Waals surface area contributed by atoms with Crippen molar-refractivity contribution >= 4 is 55.5 Å². The molecule has 0 nitrogen and oxygen atoms in total. The van der Waals surface area contributed by atoms with Gasteiger partial charge in [-0.3, -0.25) is 0 Å². The largest absolute Gasteiger partial charge is 0.167 e.